The van der Waals surface area contributed by atoms with E-state index in [1.165, 1.54) is 0 Å². The minimum atomic E-state index is 0.0664. The fourth-order valence-electron chi connectivity index (χ4n) is 4.38. The van der Waals surface area contributed by atoms with Gasteiger partial charge in [-0.25, -0.2) is 0 Å². The number of fused-ring (bicyclic) bond motifs is 1. The summed E-state index contributed by atoms with van der Waals surface area (Å²) in [6.45, 7) is 3.65. The van der Waals surface area contributed by atoms with E-state index in [0.29, 0.717) is 16.5 Å². The second-order valence-corrected chi connectivity index (χ2v) is 8.44. The Morgan fingerprint density at radius 1 is 1.17 bits per heavy atom. The Balaban J connectivity index is 1.32. The van der Waals surface area contributed by atoms with Crippen LogP contribution in [0.4, 0.5) is 0 Å². The molecule has 1 fully saturated rings. The van der Waals surface area contributed by atoms with Crippen LogP contribution in [0.15, 0.2) is 61.1 Å². The number of likely N-dealkylation sites (tertiary alicyclic amines) is 1. The SMILES string of the molecule is C[C@@H]1C[C@H](Cn2ncc3cc(-c4cn[nH]c4)ccc32)CN1C(=O)c1ccc(Cl)cc1. The smallest absolute Gasteiger partial charge is 0.254 e. The van der Waals surface area contributed by atoms with E-state index < -0.39 is 0 Å². The Kier molecular flexibility index (Phi) is 4.79. The summed E-state index contributed by atoms with van der Waals surface area (Å²) in [5.74, 6) is 0.435. The molecular weight excluding hydrogens is 398 g/mol. The van der Waals surface area contributed by atoms with E-state index >= 15 is 0 Å². The number of halogens is 1. The third-order valence-electron chi connectivity index (χ3n) is 5.92. The van der Waals surface area contributed by atoms with E-state index in [1.54, 1.807) is 24.3 Å². The predicted molar refractivity (Wildman–Crippen MR) is 117 cm³/mol. The molecule has 2 atom stereocenters. The third-order valence-corrected chi connectivity index (χ3v) is 6.17. The quantitative estimate of drug-likeness (QED) is 0.524. The van der Waals surface area contributed by atoms with E-state index in [0.717, 1.165) is 41.5 Å². The van der Waals surface area contributed by atoms with Gasteiger partial charge in [-0.15, -0.1) is 0 Å². The highest BCUT2D eigenvalue weighted by Crippen LogP contribution is 2.29. The molecule has 0 saturated carbocycles. The molecule has 0 unspecified atom stereocenters. The summed E-state index contributed by atoms with van der Waals surface area (Å²) in [6.07, 6.45) is 6.58. The maximum Gasteiger partial charge on any atom is 0.254 e. The number of amides is 1. The first-order valence-corrected chi connectivity index (χ1v) is 10.5. The van der Waals surface area contributed by atoms with Crippen molar-refractivity contribution in [3.8, 4) is 11.1 Å². The molecule has 1 amide bonds. The summed E-state index contributed by atoms with van der Waals surface area (Å²) in [7, 11) is 0. The molecule has 1 saturated heterocycles. The number of hydrogen-bond acceptors (Lipinski definition) is 3. The highest BCUT2D eigenvalue weighted by atomic mass is 35.5. The largest absolute Gasteiger partial charge is 0.336 e. The monoisotopic (exact) mass is 419 g/mol. The van der Waals surface area contributed by atoms with Gasteiger partial charge in [-0.3, -0.25) is 14.6 Å². The number of H-pyrrole nitrogens is 1. The van der Waals surface area contributed by atoms with Crippen LogP contribution in [0.5, 0.6) is 0 Å². The van der Waals surface area contributed by atoms with E-state index in [-0.39, 0.29) is 11.9 Å². The number of aromatic amines is 1. The summed E-state index contributed by atoms with van der Waals surface area (Å²) in [5.41, 5.74) is 3.97. The van der Waals surface area contributed by atoms with Crippen molar-refractivity contribution < 1.29 is 4.79 Å². The molecule has 6 nitrogen and oxygen atoms in total. The summed E-state index contributed by atoms with van der Waals surface area (Å²) in [5, 5.41) is 13.2. The summed E-state index contributed by atoms with van der Waals surface area (Å²) >= 11 is 5.95. The molecule has 1 aliphatic rings. The van der Waals surface area contributed by atoms with Crippen molar-refractivity contribution in [3.05, 3.63) is 71.6 Å². The molecule has 0 aliphatic carbocycles. The Morgan fingerprint density at radius 2 is 2.00 bits per heavy atom. The lowest BCUT2D eigenvalue weighted by atomic mass is 10.1. The van der Waals surface area contributed by atoms with Crippen LogP contribution in [-0.4, -0.2) is 43.4 Å². The fourth-order valence-corrected chi connectivity index (χ4v) is 4.51. The van der Waals surface area contributed by atoms with Gasteiger partial charge in [-0.05, 0) is 61.2 Å². The fraction of sp³-hybridized carbons (Fsp3) is 0.261. The van der Waals surface area contributed by atoms with Crippen LogP contribution in [0.1, 0.15) is 23.7 Å². The normalized spacial score (nSPS) is 18.9. The van der Waals surface area contributed by atoms with E-state index in [2.05, 4.69) is 45.1 Å². The molecule has 30 heavy (non-hydrogen) atoms. The Bertz CT molecular complexity index is 1180. The van der Waals surface area contributed by atoms with E-state index in [4.69, 9.17) is 11.6 Å². The zero-order valence-corrected chi connectivity index (χ0v) is 17.4. The van der Waals surface area contributed by atoms with Crippen molar-refractivity contribution >= 4 is 28.4 Å². The molecule has 152 valence electrons. The standard InChI is InChI=1S/C23H22ClN5O/c1-15-8-16(13-28(15)23(30)17-2-5-21(24)6-3-17)14-29-22-7-4-18(9-19(22)12-27-29)20-10-25-26-11-20/h2-7,9-12,15-16H,8,13-14H2,1H3,(H,25,26)/t15-,16+/m1/s1. The molecule has 1 aliphatic heterocycles. The average molecular weight is 420 g/mol. The van der Waals surface area contributed by atoms with Gasteiger partial charge in [0.15, 0.2) is 0 Å². The molecule has 0 spiro atoms. The van der Waals surface area contributed by atoms with Gasteiger partial charge < -0.3 is 4.90 Å². The first-order valence-electron chi connectivity index (χ1n) is 10.1. The predicted octanol–water partition coefficient (Wildman–Crippen LogP) is 4.63. The number of benzene rings is 2. The van der Waals surface area contributed by atoms with Crippen molar-refractivity contribution in [2.45, 2.75) is 25.9 Å². The van der Waals surface area contributed by atoms with Gasteiger partial charge in [-0.2, -0.15) is 10.2 Å². The van der Waals surface area contributed by atoms with Gasteiger partial charge in [0, 0.05) is 46.9 Å². The molecule has 2 aromatic heterocycles. The first kappa shape index (κ1) is 18.9. The lowest BCUT2D eigenvalue weighted by Gasteiger charge is -2.21. The lowest BCUT2D eigenvalue weighted by molar-refractivity contribution is 0.0742. The van der Waals surface area contributed by atoms with Crippen LogP contribution >= 0.6 is 11.6 Å². The maximum atomic E-state index is 12.9. The van der Waals surface area contributed by atoms with Crippen molar-refractivity contribution in [1.29, 1.82) is 0 Å². The van der Waals surface area contributed by atoms with Gasteiger partial charge in [0.1, 0.15) is 0 Å². The Hall–Kier alpha value is -3.12. The highest BCUT2D eigenvalue weighted by molar-refractivity contribution is 6.30. The number of aromatic nitrogens is 4. The third kappa shape index (κ3) is 3.48. The van der Waals surface area contributed by atoms with Gasteiger partial charge in [0.2, 0.25) is 0 Å². The Labute approximate surface area is 179 Å². The molecule has 1 N–H and O–H groups in total. The van der Waals surface area contributed by atoms with Gasteiger partial charge >= 0.3 is 0 Å². The van der Waals surface area contributed by atoms with Gasteiger partial charge in [-0.1, -0.05) is 17.7 Å². The second kappa shape index (κ2) is 7.61. The lowest BCUT2D eigenvalue weighted by Crippen LogP contribution is -2.34. The van der Waals surface area contributed by atoms with Crippen molar-refractivity contribution in [2.75, 3.05) is 6.54 Å². The molecule has 0 radical (unpaired) electrons. The van der Waals surface area contributed by atoms with Crippen LogP contribution in [0.2, 0.25) is 5.02 Å². The molecule has 4 aromatic rings. The highest BCUT2D eigenvalue weighted by Gasteiger charge is 2.33. The Morgan fingerprint density at radius 3 is 2.77 bits per heavy atom. The van der Waals surface area contributed by atoms with Crippen molar-refractivity contribution in [2.24, 2.45) is 5.92 Å². The number of carbonyl (C=O) groups is 1. The number of carbonyl (C=O) groups excluding carboxylic acids is 1. The van der Waals surface area contributed by atoms with Crippen LogP contribution in [-0.2, 0) is 6.54 Å². The minimum Gasteiger partial charge on any atom is -0.336 e. The second-order valence-electron chi connectivity index (χ2n) is 8.00. The van der Waals surface area contributed by atoms with Crippen molar-refractivity contribution in [3.63, 3.8) is 0 Å². The van der Waals surface area contributed by atoms with Gasteiger partial charge in [0.25, 0.3) is 5.91 Å². The zero-order chi connectivity index (χ0) is 20.7. The minimum absolute atomic E-state index is 0.0664. The molecule has 0 bridgehead atoms. The topological polar surface area (TPSA) is 66.8 Å². The average Bonchev–Trinajstić information content (AvgIpc) is 3.49. The van der Waals surface area contributed by atoms with Crippen LogP contribution < -0.4 is 0 Å². The number of hydrogen-bond donors (Lipinski definition) is 1. The molecule has 2 aromatic carbocycles. The number of rotatable bonds is 4. The van der Waals surface area contributed by atoms with Crippen LogP contribution in [0.25, 0.3) is 22.0 Å². The molecular formula is C23H22ClN5O. The molecule has 5 rings (SSSR count). The maximum absolute atomic E-state index is 12.9. The summed E-state index contributed by atoms with van der Waals surface area (Å²) < 4.78 is 2.06. The first-order chi connectivity index (χ1) is 14.6. The number of nitrogens with one attached hydrogen (secondary N) is 1. The van der Waals surface area contributed by atoms with Crippen LogP contribution in [0, 0.1) is 5.92 Å². The summed E-state index contributed by atoms with van der Waals surface area (Å²) in [4.78, 5) is 14.9. The van der Waals surface area contributed by atoms with E-state index in [1.807, 2.05) is 23.5 Å². The number of nitrogens with zero attached hydrogens (tertiary/aromatic N) is 4. The molecule has 7 heteroatoms. The van der Waals surface area contributed by atoms with E-state index in [9.17, 15) is 4.79 Å². The zero-order valence-electron chi connectivity index (χ0n) is 16.6. The van der Waals surface area contributed by atoms with Gasteiger partial charge in [0.05, 0.1) is 17.9 Å². The molecule has 3 heterocycles. The van der Waals surface area contributed by atoms with Crippen molar-refractivity contribution in [1.82, 2.24) is 24.9 Å². The summed E-state index contributed by atoms with van der Waals surface area (Å²) in [6, 6.07) is 13.7. The van der Waals surface area contributed by atoms with Crippen LogP contribution in [0.3, 0.4) is 0 Å².